The zero-order valence-electron chi connectivity index (χ0n) is 11.0. The molecule has 0 spiro atoms. The van der Waals surface area contributed by atoms with Crippen molar-refractivity contribution in [2.24, 2.45) is 0 Å². The van der Waals surface area contributed by atoms with Crippen LogP contribution in [-0.4, -0.2) is 32.1 Å². The molecule has 0 bridgehead atoms. The third-order valence-corrected chi connectivity index (χ3v) is 3.29. The Balaban J connectivity index is 1.89. The van der Waals surface area contributed by atoms with E-state index in [0.717, 1.165) is 25.9 Å². The first-order valence-corrected chi connectivity index (χ1v) is 6.51. The van der Waals surface area contributed by atoms with Crippen molar-refractivity contribution in [3.05, 3.63) is 29.6 Å². The minimum atomic E-state index is -0.435. The van der Waals surface area contributed by atoms with Gasteiger partial charge in [0.05, 0.1) is 13.5 Å². The van der Waals surface area contributed by atoms with Crippen LogP contribution >= 0.6 is 0 Å². The number of carbonyl (C=O) groups is 1. The molecule has 0 saturated carbocycles. The van der Waals surface area contributed by atoms with Crippen LogP contribution in [0.1, 0.15) is 18.4 Å². The second-order valence-corrected chi connectivity index (χ2v) is 4.74. The summed E-state index contributed by atoms with van der Waals surface area (Å²) in [5.74, 6) is -0.298. The Morgan fingerprint density at radius 1 is 1.47 bits per heavy atom. The minimum Gasteiger partial charge on any atom is -0.494 e. The summed E-state index contributed by atoms with van der Waals surface area (Å²) in [5.41, 5.74) is 0.657. The fourth-order valence-electron chi connectivity index (χ4n) is 2.25. The molecule has 0 atom stereocenters. The van der Waals surface area contributed by atoms with Gasteiger partial charge in [-0.15, -0.1) is 0 Å². The van der Waals surface area contributed by atoms with E-state index < -0.39 is 5.82 Å². The second kappa shape index (κ2) is 6.52. The van der Waals surface area contributed by atoms with Gasteiger partial charge in [-0.05, 0) is 43.6 Å². The van der Waals surface area contributed by atoms with Gasteiger partial charge in [0.15, 0.2) is 11.6 Å². The molecule has 4 nitrogen and oxygen atoms in total. The summed E-state index contributed by atoms with van der Waals surface area (Å²) >= 11 is 0. The number of hydrogen-bond acceptors (Lipinski definition) is 3. The van der Waals surface area contributed by atoms with Crippen molar-refractivity contribution in [2.45, 2.75) is 25.3 Å². The molecule has 0 unspecified atom stereocenters. The number of methoxy groups -OCH3 is 1. The smallest absolute Gasteiger partial charge is 0.224 e. The van der Waals surface area contributed by atoms with Gasteiger partial charge in [0.2, 0.25) is 5.91 Å². The summed E-state index contributed by atoms with van der Waals surface area (Å²) in [6, 6.07) is 4.84. The molecule has 1 heterocycles. The van der Waals surface area contributed by atoms with Crippen molar-refractivity contribution in [1.82, 2.24) is 10.6 Å². The predicted molar refractivity (Wildman–Crippen MR) is 70.7 cm³/mol. The van der Waals surface area contributed by atoms with E-state index in [1.54, 1.807) is 12.1 Å². The van der Waals surface area contributed by atoms with Crippen molar-refractivity contribution in [2.75, 3.05) is 20.2 Å². The van der Waals surface area contributed by atoms with Gasteiger partial charge < -0.3 is 15.4 Å². The molecule has 0 aromatic heterocycles. The van der Waals surface area contributed by atoms with Crippen molar-refractivity contribution in [1.29, 1.82) is 0 Å². The van der Waals surface area contributed by atoms with Gasteiger partial charge in [-0.1, -0.05) is 6.07 Å². The lowest BCUT2D eigenvalue weighted by Gasteiger charge is -2.23. The lowest BCUT2D eigenvalue weighted by Crippen LogP contribution is -2.43. The monoisotopic (exact) mass is 266 g/mol. The van der Waals surface area contributed by atoms with Gasteiger partial charge in [-0.2, -0.15) is 0 Å². The van der Waals surface area contributed by atoms with Crippen LogP contribution in [0.3, 0.4) is 0 Å². The van der Waals surface area contributed by atoms with Gasteiger partial charge in [-0.25, -0.2) is 4.39 Å². The molecule has 2 rings (SSSR count). The second-order valence-electron chi connectivity index (χ2n) is 4.74. The Bertz CT molecular complexity index is 445. The quantitative estimate of drug-likeness (QED) is 0.862. The number of carbonyl (C=O) groups excluding carboxylic acids is 1. The highest BCUT2D eigenvalue weighted by atomic mass is 19.1. The summed E-state index contributed by atoms with van der Waals surface area (Å²) in [4.78, 5) is 11.9. The van der Waals surface area contributed by atoms with Crippen LogP contribution in [0.2, 0.25) is 0 Å². The highest BCUT2D eigenvalue weighted by Crippen LogP contribution is 2.18. The van der Waals surface area contributed by atoms with Crippen LogP contribution in [0, 0.1) is 5.82 Å². The predicted octanol–water partition coefficient (Wildman–Crippen LogP) is 1.24. The lowest BCUT2D eigenvalue weighted by molar-refractivity contribution is -0.121. The number of halogens is 1. The van der Waals surface area contributed by atoms with Crippen molar-refractivity contribution in [3.63, 3.8) is 0 Å². The first kappa shape index (κ1) is 13.8. The van der Waals surface area contributed by atoms with E-state index in [2.05, 4.69) is 10.6 Å². The highest BCUT2D eigenvalue weighted by Gasteiger charge is 2.15. The molecule has 19 heavy (non-hydrogen) atoms. The normalized spacial score (nSPS) is 16.1. The minimum absolute atomic E-state index is 0.0588. The van der Waals surface area contributed by atoms with E-state index in [-0.39, 0.29) is 24.1 Å². The maximum atomic E-state index is 13.5. The molecule has 1 saturated heterocycles. The average Bonchev–Trinajstić information content (AvgIpc) is 2.40. The summed E-state index contributed by atoms with van der Waals surface area (Å²) < 4.78 is 18.3. The molecule has 1 aliphatic heterocycles. The standard InChI is InChI=1S/C14H19FN2O2/c1-19-13-3-2-10(8-12(13)15)9-14(18)17-11-4-6-16-7-5-11/h2-3,8,11,16H,4-7,9H2,1H3,(H,17,18). The Kier molecular flexibility index (Phi) is 4.74. The molecule has 0 aliphatic carbocycles. The van der Waals surface area contributed by atoms with Crippen molar-refractivity contribution in [3.8, 4) is 5.75 Å². The summed E-state index contributed by atoms with van der Waals surface area (Å²) in [6.07, 6.45) is 2.09. The zero-order valence-corrected chi connectivity index (χ0v) is 11.0. The summed E-state index contributed by atoms with van der Waals surface area (Å²) in [7, 11) is 1.42. The van der Waals surface area contributed by atoms with Gasteiger partial charge in [-0.3, -0.25) is 4.79 Å². The number of nitrogens with one attached hydrogen (secondary N) is 2. The molecule has 1 aromatic carbocycles. The molecular weight excluding hydrogens is 247 g/mol. The molecule has 1 aromatic rings. The molecular formula is C14H19FN2O2. The fraction of sp³-hybridized carbons (Fsp3) is 0.500. The summed E-state index contributed by atoms with van der Waals surface area (Å²) in [6.45, 7) is 1.87. The molecule has 1 aliphatic rings. The number of piperidine rings is 1. The van der Waals surface area contributed by atoms with Crippen LogP contribution < -0.4 is 15.4 Å². The average molecular weight is 266 g/mol. The lowest BCUT2D eigenvalue weighted by atomic mass is 10.1. The van der Waals surface area contributed by atoms with Crippen LogP contribution in [0.4, 0.5) is 4.39 Å². The van der Waals surface area contributed by atoms with Crippen LogP contribution in [0.5, 0.6) is 5.75 Å². The topological polar surface area (TPSA) is 50.4 Å². The number of benzene rings is 1. The number of ether oxygens (including phenoxy) is 1. The van der Waals surface area contributed by atoms with Gasteiger partial charge in [0.1, 0.15) is 0 Å². The van der Waals surface area contributed by atoms with Gasteiger partial charge in [0.25, 0.3) is 0 Å². The molecule has 104 valence electrons. The number of amides is 1. The van der Waals surface area contributed by atoms with Crippen LogP contribution in [-0.2, 0) is 11.2 Å². The molecule has 2 N–H and O–H groups in total. The SMILES string of the molecule is COc1ccc(CC(=O)NC2CCNCC2)cc1F. The first-order valence-electron chi connectivity index (χ1n) is 6.51. The molecule has 1 fully saturated rings. The van der Waals surface area contributed by atoms with E-state index in [9.17, 15) is 9.18 Å². The third-order valence-electron chi connectivity index (χ3n) is 3.29. The zero-order chi connectivity index (χ0) is 13.7. The van der Waals surface area contributed by atoms with E-state index in [1.807, 2.05) is 0 Å². The number of hydrogen-bond donors (Lipinski definition) is 2. The largest absolute Gasteiger partial charge is 0.494 e. The van der Waals surface area contributed by atoms with Crippen LogP contribution in [0.15, 0.2) is 18.2 Å². The van der Waals surface area contributed by atoms with Crippen molar-refractivity contribution < 1.29 is 13.9 Å². The molecule has 0 radical (unpaired) electrons. The first-order chi connectivity index (χ1) is 9.19. The van der Waals surface area contributed by atoms with E-state index in [0.29, 0.717) is 5.56 Å². The van der Waals surface area contributed by atoms with Crippen LogP contribution in [0.25, 0.3) is 0 Å². The Labute approximate surface area is 112 Å². The molecule has 1 amide bonds. The Hall–Kier alpha value is -1.62. The summed E-state index contributed by atoms with van der Waals surface area (Å²) in [5, 5.41) is 6.23. The maximum Gasteiger partial charge on any atom is 0.224 e. The highest BCUT2D eigenvalue weighted by molar-refractivity contribution is 5.78. The van der Waals surface area contributed by atoms with Gasteiger partial charge >= 0.3 is 0 Å². The van der Waals surface area contributed by atoms with Gasteiger partial charge in [0, 0.05) is 6.04 Å². The fourth-order valence-corrected chi connectivity index (χ4v) is 2.25. The number of rotatable bonds is 4. The Morgan fingerprint density at radius 3 is 2.84 bits per heavy atom. The van der Waals surface area contributed by atoms with Crippen molar-refractivity contribution >= 4 is 5.91 Å². The Morgan fingerprint density at radius 2 is 2.21 bits per heavy atom. The van der Waals surface area contributed by atoms with E-state index >= 15 is 0 Å². The third kappa shape index (κ3) is 3.92. The van der Waals surface area contributed by atoms with E-state index in [4.69, 9.17) is 4.74 Å². The molecule has 5 heteroatoms. The van der Waals surface area contributed by atoms with E-state index in [1.165, 1.54) is 13.2 Å². The maximum absolute atomic E-state index is 13.5.